The molecule has 134 valence electrons. The summed E-state index contributed by atoms with van der Waals surface area (Å²) >= 11 is 1.59. The molecule has 6 heteroatoms. The Hall–Kier alpha value is -3.25. The number of aromatic nitrogens is 3. The smallest absolute Gasteiger partial charge is 0.205 e. The minimum Gasteiger partial charge on any atom is -0.306 e. The van der Waals surface area contributed by atoms with Gasteiger partial charge in [-0.1, -0.05) is 42.5 Å². The SMILES string of the molecule is CN=c1scc(-c2ccccc2)n1N=C(C)c1ccc(-n2ccnc2)cc1. The van der Waals surface area contributed by atoms with Gasteiger partial charge in [0.2, 0.25) is 4.80 Å². The van der Waals surface area contributed by atoms with Crippen LogP contribution in [0, 0.1) is 0 Å². The molecule has 27 heavy (non-hydrogen) atoms. The number of hydrogen-bond donors (Lipinski definition) is 0. The zero-order chi connectivity index (χ0) is 18.6. The van der Waals surface area contributed by atoms with Crippen molar-refractivity contribution >= 4 is 17.0 Å². The Bertz CT molecular complexity index is 1120. The van der Waals surface area contributed by atoms with Gasteiger partial charge in [-0.2, -0.15) is 5.10 Å². The van der Waals surface area contributed by atoms with Crippen molar-refractivity contribution in [3.63, 3.8) is 0 Å². The summed E-state index contributed by atoms with van der Waals surface area (Å²) in [7, 11) is 1.79. The number of thiazole rings is 1. The van der Waals surface area contributed by atoms with E-state index in [0.717, 1.165) is 33.0 Å². The fourth-order valence-corrected chi connectivity index (χ4v) is 3.65. The van der Waals surface area contributed by atoms with Gasteiger partial charge in [0, 0.05) is 36.1 Å². The van der Waals surface area contributed by atoms with E-state index < -0.39 is 0 Å². The predicted molar refractivity (Wildman–Crippen MR) is 110 cm³/mol. The van der Waals surface area contributed by atoms with Crippen molar-refractivity contribution in [2.45, 2.75) is 6.92 Å². The van der Waals surface area contributed by atoms with Gasteiger partial charge in [-0.05, 0) is 24.6 Å². The van der Waals surface area contributed by atoms with Crippen LogP contribution in [0.25, 0.3) is 16.9 Å². The van der Waals surface area contributed by atoms with Crippen LogP contribution in [-0.4, -0.2) is 27.0 Å². The van der Waals surface area contributed by atoms with Gasteiger partial charge in [0.15, 0.2) is 0 Å². The molecule has 0 radical (unpaired) electrons. The van der Waals surface area contributed by atoms with Crippen LogP contribution in [0.5, 0.6) is 0 Å². The summed E-state index contributed by atoms with van der Waals surface area (Å²) in [6.07, 6.45) is 5.49. The average molecular weight is 373 g/mol. The van der Waals surface area contributed by atoms with Crippen molar-refractivity contribution in [2.24, 2.45) is 10.1 Å². The summed E-state index contributed by atoms with van der Waals surface area (Å²) in [6.45, 7) is 2.02. The molecule has 2 aromatic heterocycles. The van der Waals surface area contributed by atoms with Gasteiger partial charge in [0.25, 0.3) is 0 Å². The van der Waals surface area contributed by atoms with Gasteiger partial charge < -0.3 is 4.57 Å². The minimum atomic E-state index is 0.864. The summed E-state index contributed by atoms with van der Waals surface area (Å²) < 4.78 is 3.89. The predicted octanol–water partition coefficient (Wildman–Crippen LogP) is 4.21. The van der Waals surface area contributed by atoms with Gasteiger partial charge in [-0.15, -0.1) is 11.3 Å². The summed E-state index contributed by atoms with van der Waals surface area (Å²) in [6, 6.07) is 18.5. The van der Waals surface area contributed by atoms with Crippen LogP contribution in [0.3, 0.4) is 0 Å². The van der Waals surface area contributed by atoms with E-state index in [0.29, 0.717) is 0 Å². The maximum Gasteiger partial charge on any atom is 0.205 e. The van der Waals surface area contributed by atoms with Crippen LogP contribution in [-0.2, 0) is 0 Å². The van der Waals surface area contributed by atoms with E-state index in [4.69, 9.17) is 5.10 Å². The van der Waals surface area contributed by atoms with Crippen molar-refractivity contribution in [2.75, 3.05) is 7.05 Å². The number of benzene rings is 2. The highest BCUT2D eigenvalue weighted by Gasteiger charge is 2.08. The number of rotatable bonds is 4. The first-order chi connectivity index (χ1) is 13.3. The van der Waals surface area contributed by atoms with Crippen molar-refractivity contribution in [3.8, 4) is 16.9 Å². The van der Waals surface area contributed by atoms with E-state index in [9.17, 15) is 0 Å². The van der Waals surface area contributed by atoms with Crippen molar-refractivity contribution < 1.29 is 0 Å². The lowest BCUT2D eigenvalue weighted by atomic mass is 10.1. The van der Waals surface area contributed by atoms with Gasteiger partial charge in [-0.25, -0.2) is 9.66 Å². The highest BCUT2D eigenvalue weighted by Crippen LogP contribution is 2.20. The third-order valence-electron chi connectivity index (χ3n) is 4.28. The number of nitrogens with zero attached hydrogens (tertiary/aromatic N) is 5. The van der Waals surface area contributed by atoms with Gasteiger partial charge in [0.1, 0.15) is 0 Å². The summed E-state index contributed by atoms with van der Waals surface area (Å²) in [4.78, 5) is 9.33. The van der Waals surface area contributed by atoms with E-state index in [2.05, 4.69) is 51.8 Å². The Balaban J connectivity index is 1.72. The van der Waals surface area contributed by atoms with E-state index in [-0.39, 0.29) is 0 Å². The molecule has 0 saturated heterocycles. The Morgan fingerprint density at radius 2 is 1.81 bits per heavy atom. The van der Waals surface area contributed by atoms with Gasteiger partial charge >= 0.3 is 0 Å². The quantitative estimate of drug-likeness (QED) is 0.495. The largest absolute Gasteiger partial charge is 0.306 e. The summed E-state index contributed by atoms with van der Waals surface area (Å²) in [5.41, 5.74) is 5.23. The molecule has 0 aliphatic carbocycles. The monoisotopic (exact) mass is 373 g/mol. The molecule has 4 rings (SSSR count). The van der Waals surface area contributed by atoms with Crippen molar-refractivity contribution in [3.05, 3.63) is 89.1 Å². The average Bonchev–Trinajstić information content (AvgIpc) is 3.39. The molecule has 0 aliphatic heterocycles. The molecule has 0 fully saturated rings. The molecule has 0 bridgehead atoms. The van der Waals surface area contributed by atoms with E-state index >= 15 is 0 Å². The molecule has 4 aromatic rings. The molecule has 2 aromatic carbocycles. The highest BCUT2D eigenvalue weighted by molar-refractivity contribution is 7.07. The van der Waals surface area contributed by atoms with Crippen molar-refractivity contribution in [1.29, 1.82) is 0 Å². The van der Waals surface area contributed by atoms with Crippen LogP contribution in [0.4, 0.5) is 0 Å². The molecule has 5 nitrogen and oxygen atoms in total. The van der Waals surface area contributed by atoms with Crippen LogP contribution in [0.2, 0.25) is 0 Å². The maximum absolute atomic E-state index is 4.86. The third-order valence-corrected chi connectivity index (χ3v) is 5.19. The topological polar surface area (TPSA) is 47.5 Å². The second-order valence-electron chi connectivity index (χ2n) is 6.01. The second kappa shape index (κ2) is 7.55. The number of hydrogen-bond acceptors (Lipinski definition) is 4. The first-order valence-electron chi connectivity index (χ1n) is 8.59. The Kier molecular flexibility index (Phi) is 4.80. The summed E-state index contributed by atoms with van der Waals surface area (Å²) in [5, 5.41) is 6.95. The molecular formula is C21H19N5S. The fraction of sp³-hybridized carbons (Fsp3) is 0.0952. The van der Waals surface area contributed by atoms with Crippen LogP contribution in [0.15, 0.2) is 88.8 Å². The Morgan fingerprint density at radius 3 is 2.48 bits per heavy atom. The lowest BCUT2D eigenvalue weighted by molar-refractivity contribution is 0.842. The normalized spacial score (nSPS) is 12.5. The standard InChI is InChI=1S/C21H19N5S/c1-16(17-8-10-19(11-9-17)25-13-12-23-15-25)24-26-20(14-27-21(26)22-2)18-6-4-3-5-7-18/h3-15H,1-2H3. The molecule has 0 N–H and O–H groups in total. The van der Waals surface area contributed by atoms with Crippen molar-refractivity contribution in [1.82, 2.24) is 14.2 Å². The van der Waals surface area contributed by atoms with E-state index in [1.54, 1.807) is 30.9 Å². The molecular weight excluding hydrogens is 354 g/mol. The number of imidazole rings is 1. The lowest BCUT2D eigenvalue weighted by Crippen LogP contribution is -2.13. The van der Waals surface area contributed by atoms with Gasteiger partial charge in [-0.3, -0.25) is 4.99 Å². The zero-order valence-electron chi connectivity index (χ0n) is 15.1. The first-order valence-corrected chi connectivity index (χ1v) is 9.47. The molecule has 0 atom stereocenters. The van der Waals surface area contributed by atoms with E-state index in [1.165, 1.54) is 0 Å². The molecule has 0 saturated carbocycles. The van der Waals surface area contributed by atoms with E-state index in [1.807, 2.05) is 40.6 Å². The fourth-order valence-electron chi connectivity index (χ4n) is 2.85. The Labute approximate surface area is 161 Å². The second-order valence-corrected chi connectivity index (χ2v) is 6.84. The van der Waals surface area contributed by atoms with Crippen LogP contribution >= 0.6 is 11.3 Å². The summed E-state index contributed by atoms with van der Waals surface area (Å²) in [5.74, 6) is 0. The lowest BCUT2D eigenvalue weighted by Gasteiger charge is -2.07. The van der Waals surface area contributed by atoms with Crippen LogP contribution < -0.4 is 4.80 Å². The molecule has 0 amide bonds. The molecule has 0 aliphatic rings. The minimum absolute atomic E-state index is 0.864. The molecule has 0 spiro atoms. The third kappa shape index (κ3) is 3.52. The van der Waals surface area contributed by atoms with Crippen LogP contribution in [0.1, 0.15) is 12.5 Å². The first kappa shape index (κ1) is 17.2. The maximum atomic E-state index is 4.86. The highest BCUT2D eigenvalue weighted by atomic mass is 32.1. The zero-order valence-corrected chi connectivity index (χ0v) is 16.0. The molecule has 2 heterocycles. The molecule has 0 unspecified atom stereocenters. The Morgan fingerprint density at radius 1 is 1.04 bits per heavy atom. The van der Waals surface area contributed by atoms with Gasteiger partial charge in [0.05, 0.1) is 17.7 Å².